The highest BCUT2D eigenvalue weighted by Gasteiger charge is 2.19. The molecular weight excluding hydrogens is 508 g/mol. The van der Waals surface area contributed by atoms with Gasteiger partial charge in [-0.25, -0.2) is 9.59 Å². The van der Waals surface area contributed by atoms with Crippen molar-refractivity contribution in [3.63, 3.8) is 0 Å². The van der Waals surface area contributed by atoms with Crippen LogP contribution in [0.15, 0.2) is 54.6 Å². The molecule has 1 unspecified atom stereocenters. The molecule has 0 fully saturated rings. The minimum Gasteiger partial charge on any atom is -0.508 e. The molecule has 0 spiro atoms. The van der Waals surface area contributed by atoms with Gasteiger partial charge in [0.15, 0.2) is 0 Å². The number of aryl methyl sites for hydroxylation is 2. The Morgan fingerprint density at radius 3 is 1.72 bits per heavy atom. The second-order valence-electron chi connectivity index (χ2n) is 7.33. The molecule has 8 N–H and O–H groups in total. The Bertz CT molecular complexity index is 918. The first-order valence-corrected chi connectivity index (χ1v) is 12.1. The van der Waals surface area contributed by atoms with E-state index in [1.807, 2.05) is 56.4 Å². The number of rotatable bonds is 9. The zero-order chi connectivity index (χ0) is 30.6. The van der Waals surface area contributed by atoms with Gasteiger partial charge >= 0.3 is 18.0 Å². The lowest BCUT2D eigenvalue weighted by molar-refractivity contribution is -0.142. The van der Waals surface area contributed by atoms with Crippen LogP contribution >= 0.6 is 0 Å². The van der Waals surface area contributed by atoms with Gasteiger partial charge in [0.2, 0.25) is 5.91 Å². The molecule has 2 aromatic carbocycles. The predicted octanol–water partition coefficient (Wildman–Crippen LogP) is 2.22. The number of phenols is 1. The van der Waals surface area contributed by atoms with Gasteiger partial charge in [-0.1, -0.05) is 67.4 Å². The number of nitrogens with two attached hydrogens (primary N) is 1. The maximum Gasteiger partial charge on any atom is 0.326 e. The van der Waals surface area contributed by atoms with Crippen molar-refractivity contribution in [2.45, 2.75) is 46.6 Å². The summed E-state index contributed by atoms with van der Waals surface area (Å²) in [5.74, 6) is -2.42. The van der Waals surface area contributed by atoms with Gasteiger partial charge in [-0.15, -0.1) is 0 Å². The highest BCUT2D eigenvalue weighted by molar-refractivity contribution is 5.87. The molecule has 3 amide bonds. The van der Waals surface area contributed by atoms with Crippen LogP contribution < -0.4 is 21.7 Å². The van der Waals surface area contributed by atoms with E-state index in [2.05, 4.69) is 29.7 Å². The lowest BCUT2D eigenvalue weighted by atomic mass is 10.1. The van der Waals surface area contributed by atoms with Gasteiger partial charge < -0.3 is 41.8 Å². The molecule has 39 heavy (non-hydrogen) atoms. The number of carboxylic acid groups (broad SMARTS) is 2. The number of amides is 3. The Balaban J connectivity index is -0.000000471. The molecule has 0 aliphatic carbocycles. The topological polar surface area (TPSA) is 208 Å². The number of hydrogen-bond donors (Lipinski definition) is 7. The number of aliphatic carboxylic acids is 2. The molecule has 0 aliphatic rings. The fourth-order valence-corrected chi connectivity index (χ4v) is 2.14. The van der Waals surface area contributed by atoms with E-state index >= 15 is 0 Å². The van der Waals surface area contributed by atoms with E-state index in [9.17, 15) is 24.0 Å². The van der Waals surface area contributed by atoms with Gasteiger partial charge in [0.25, 0.3) is 0 Å². The summed E-state index contributed by atoms with van der Waals surface area (Å²) in [7, 11) is 1.59. The number of likely N-dealkylation sites (N-methyl/N-ethyl adjacent to an activating group) is 1. The van der Waals surface area contributed by atoms with Crippen LogP contribution in [-0.2, 0) is 19.2 Å². The van der Waals surface area contributed by atoms with E-state index in [0.29, 0.717) is 12.0 Å². The lowest BCUT2D eigenvalue weighted by Crippen LogP contribution is -2.46. The second kappa shape index (κ2) is 26.6. The number of carbonyl (C=O) groups excluding carboxylic acids is 3. The summed E-state index contributed by atoms with van der Waals surface area (Å²) in [5, 5.41) is 31.9. The van der Waals surface area contributed by atoms with Crippen molar-refractivity contribution >= 4 is 30.2 Å². The van der Waals surface area contributed by atoms with Crippen molar-refractivity contribution in [2.75, 3.05) is 20.1 Å². The monoisotopic (exact) mass is 550 g/mol. The Kier molecular flexibility index (Phi) is 26.7. The summed E-state index contributed by atoms with van der Waals surface area (Å²) in [6.07, 6.45) is 0.589. The van der Waals surface area contributed by atoms with Crippen LogP contribution in [0.5, 0.6) is 5.75 Å². The van der Waals surface area contributed by atoms with E-state index in [4.69, 9.17) is 21.1 Å². The summed E-state index contributed by atoms with van der Waals surface area (Å²) >= 11 is 0. The number of phenolic OH excluding ortho intramolecular Hbond substituents is 1. The molecule has 2 aromatic rings. The van der Waals surface area contributed by atoms with Gasteiger partial charge in [0.05, 0.1) is 13.1 Å². The van der Waals surface area contributed by atoms with E-state index in [0.717, 1.165) is 0 Å². The summed E-state index contributed by atoms with van der Waals surface area (Å²) in [6, 6.07) is 15.3. The standard InChI is InChI=1S/C8H13N3O5.C7H8O.C7H8.C3H7NO2.C2H6/c9-8(16)10-4-6(13)11-5(7(14)15)2-1-3-12;1-6-2-4-7(8)5-3-6;1-7-5-3-2-4-6-7;1-4-2-3(5)6;1-2/h3,5H,1-2,4H2,(H,11,13)(H,14,15)(H3,9,10,16);2-5,8H,1H3;2-6H,1H3;4H,2H2,1H3,(H,5,6);1-2H3. The zero-order valence-corrected chi connectivity index (χ0v) is 23.1. The second-order valence-corrected chi connectivity index (χ2v) is 7.33. The SMILES string of the molecule is CC.CNCC(=O)O.Cc1ccc(O)cc1.Cc1ccccc1.NC(=O)NCC(=O)NC(CCC=O)C(=O)O. The number of carboxylic acids is 2. The third-order valence-corrected chi connectivity index (χ3v) is 3.93. The predicted molar refractivity (Wildman–Crippen MR) is 149 cm³/mol. The van der Waals surface area contributed by atoms with Crippen LogP contribution in [0, 0.1) is 13.8 Å². The summed E-state index contributed by atoms with van der Waals surface area (Å²) < 4.78 is 0. The molecule has 218 valence electrons. The van der Waals surface area contributed by atoms with Crippen LogP contribution in [-0.4, -0.2) is 71.7 Å². The van der Waals surface area contributed by atoms with Crippen molar-refractivity contribution in [1.29, 1.82) is 0 Å². The number of urea groups is 1. The van der Waals surface area contributed by atoms with Crippen LogP contribution in [0.25, 0.3) is 0 Å². The molecule has 2 rings (SSSR count). The Hall–Kier alpha value is -4.45. The Morgan fingerprint density at radius 1 is 0.897 bits per heavy atom. The van der Waals surface area contributed by atoms with E-state index < -0.39 is 36.5 Å². The Labute approximate surface area is 229 Å². The number of aromatic hydroxyl groups is 1. The smallest absolute Gasteiger partial charge is 0.326 e. The minimum atomic E-state index is -1.24. The maximum absolute atomic E-state index is 11.1. The average molecular weight is 551 g/mol. The highest BCUT2D eigenvalue weighted by Crippen LogP contribution is 2.07. The summed E-state index contributed by atoms with van der Waals surface area (Å²) in [4.78, 5) is 51.6. The molecule has 1 atom stereocenters. The van der Waals surface area contributed by atoms with Crippen LogP contribution in [0.1, 0.15) is 37.8 Å². The van der Waals surface area contributed by atoms with Crippen molar-refractivity contribution in [2.24, 2.45) is 5.73 Å². The average Bonchev–Trinajstić information content (AvgIpc) is 2.89. The normalized spacial score (nSPS) is 9.46. The third-order valence-electron chi connectivity index (χ3n) is 3.93. The molecule has 0 aliphatic heterocycles. The van der Waals surface area contributed by atoms with Crippen molar-refractivity contribution in [1.82, 2.24) is 16.0 Å². The molecule has 0 aromatic heterocycles. The quantitative estimate of drug-likeness (QED) is 0.228. The summed E-state index contributed by atoms with van der Waals surface area (Å²) in [6.45, 7) is 7.71. The highest BCUT2D eigenvalue weighted by atomic mass is 16.4. The Morgan fingerprint density at radius 2 is 1.41 bits per heavy atom. The third kappa shape index (κ3) is 29.7. The molecule has 0 bridgehead atoms. The van der Waals surface area contributed by atoms with Crippen LogP contribution in [0.4, 0.5) is 4.79 Å². The number of nitrogens with one attached hydrogen (secondary N) is 3. The van der Waals surface area contributed by atoms with E-state index in [1.165, 1.54) is 11.1 Å². The van der Waals surface area contributed by atoms with E-state index in [-0.39, 0.29) is 19.4 Å². The number of aldehydes is 1. The van der Waals surface area contributed by atoms with Crippen LogP contribution in [0.2, 0.25) is 0 Å². The molecule has 0 saturated heterocycles. The molecule has 0 radical (unpaired) electrons. The van der Waals surface area contributed by atoms with Gasteiger partial charge in [0.1, 0.15) is 18.1 Å². The van der Waals surface area contributed by atoms with Gasteiger partial charge in [-0.2, -0.15) is 0 Å². The lowest BCUT2D eigenvalue weighted by Gasteiger charge is -2.12. The molecule has 12 nitrogen and oxygen atoms in total. The first-order valence-electron chi connectivity index (χ1n) is 12.1. The van der Waals surface area contributed by atoms with Crippen molar-refractivity contribution in [3.05, 3.63) is 65.7 Å². The maximum atomic E-state index is 11.1. The largest absolute Gasteiger partial charge is 0.508 e. The van der Waals surface area contributed by atoms with Crippen molar-refractivity contribution < 1.29 is 39.3 Å². The fourth-order valence-electron chi connectivity index (χ4n) is 2.14. The van der Waals surface area contributed by atoms with Crippen molar-refractivity contribution in [3.8, 4) is 5.75 Å². The van der Waals surface area contributed by atoms with Crippen LogP contribution in [0.3, 0.4) is 0 Å². The molecule has 0 saturated carbocycles. The number of hydrogen-bond acceptors (Lipinski definition) is 7. The number of primary amides is 1. The fraction of sp³-hybridized carbons (Fsp3) is 0.370. The zero-order valence-electron chi connectivity index (χ0n) is 23.1. The first kappa shape index (κ1) is 39.1. The van der Waals surface area contributed by atoms with Gasteiger partial charge in [-0.05, 0) is 39.4 Å². The first-order chi connectivity index (χ1) is 18.4. The van der Waals surface area contributed by atoms with Gasteiger partial charge in [-0.3, -0.25) is 9.59 Å². The number of benzene rings is 2. The molecule has 0 heterocycles. The minimum absolute atomic E-state index is 0.00114. The van der Waals surface area contributed by atoms with Gasteiger partial charge in [0, 0.05) is 6.42 Å². The molecular formula is C27H42N4O8. The molecule has 12 heteroatoms. The van der Waals surface area contributed by atoms with E-state index in [1.54, 1.807) is 19.2 Å². The number of carbonyl (C=O) groups is 5. The summed E-state index contributed by atoms with van der Waals surface area (Å²) in [5.41, 5.74) is 7.21.